The van der Waals surface area contributed by atoms with Crippen molar-refractivity contribution in [3.05, 3.63) is 47.4 Å². The molecule has 0 spiro atoms. The van der Waals surface area contributed by atoms with Gasteiger partial charge >= 0.3 is 0 Å². The molecule has 2 heterocycles. The zero-order valence-electron chi connectivity index (χ0n) is 22.6. The highest BCUT2D eigenvalue weighted by Gasteiger charge is 2.38. The largest absolute Gasteiger partial charge is 0.341 e. The van der Waals surface area contributed by atoms with E-state index in [4.69, 9.17) is 0 Å². The van der Waals surface area contributed by atoms with Gasteiger partial charge in [0.05, 0.1) is 18.4 Å². The second kappa shape index (κ2) is 10.8. The third-order valence-corrected chi connectivity index (χ3v) is 7.84. The Morgan fingerprint density at radius 3 is 2.66 bits per heavy atom. The molecule has 1 saturated heterocycles. The Bertz CT molecular complexity index is 1230. The van der Waals surface area contributed by atoms with E-state index < -0.39 is 23.2 Å². The number of rotatable bonds is 7. The number of amides is 3. The molecule has 2 N–H and O–H groups in total. The van der Waals surface area contributed by atoms with E-state index in [0.717, 1.165) is 12.5 Å². The fourth-order valence-corrected chi connectivity index (χ4v) is 5.28. The Balaban J connectivity index is 1.33. The van der Waals surface area contributed by atoms with E-state index in [1.807, 2.05) is 0 Å². The zero-order chi connectivity index (χ0) is 27.8. The van der Waals surface area contributed by atoms with Gasteiger partial charge in [0.15, 0.2) is 5.82 Å². The molecule has 0 saturated carbocycles. The molecule has 1 aliphatic heterocycles. The summed E-state index contributed by atoms with van der Waals surface area (Å²) >= 11 is 0. The van der Waals surface area contributed by atoms with Gasteiger partial charge in [-0.15, -0.1) is 0 Å². The molecule has 1 aromatic heterocycles. The van der Waals surface area contributed by atoms with Crippen molar-refractivity contribution in [2.24, 2.45) is 0 Å². The molecule has 4 rings (SSSR count). The van der Waals surface area contributed by atoms with E-state index in [-0.39, 0.29) is 29.8 Å². The second-order valence-corrected chi connectivity index (χ2v) is 10.9. The van der Waals surface area contributed by atoms with Crippen LogP contribution in [0.1, 0.15) is 51.7 Å². The lowest BCUT2D eigenvalue weighted by Crippen LogP contribution is -2.47. The summed E-state index contributed by atoms with van der Waals surface area (Å²) in [6, 6.07) is 1.56. The van der Waals surface area contributed by atoms with E-state index >= 15 is 0 Å². The van der Waals surface area contributed by atoms with Gasteiger partial charge < -0.3 is 25.0 Å². The topological polar surface area (TPSA) is 99.6 Å². The van der Waals surface area contributed by atoms with E-state index in [1.54, 1.807) is 48.4 Å². The number of likely N-dealkylation sites (N-methyl/N-ethyl adjacent to an activating group) is 1. The first-order valence-electron chi connectivity index (χ1n) is 13.0. The molecule has 2 unspecified atom stereocenters. The molecule has 38 heavy (non-hydrogen) atoms. The van der Waals surface area contributed by atoms with Crippen molar-refractivity contribution in [3.8, 4) is 0 Å². The summed E-state index contributed by atoms with van der Waals surface area (Å²) in [5.74, 6) is -1.24. The molecule has 2 aliphatic rings. The summed E-state index contributed by atoms with van der Waals surface area (Å²) in [4.78, 5) is 45.6. The number of nitrogens with zero attached hydrogens (tertiary/aromatic N) is 4. The van der Waals surface area contributed by atoms with Crippen molar-refractivity contribution < 1.29 is 23.2 Å². The molecule has 3 atom stereocenters. The molecule has 0 radical (unpaired) electrons. The van der Waals surface area contributed by atoms with Crippen LogP contribution < -0.4 is 10.6 Å². The summed E-state index contributed by atoms with van der Waals surface area (Å²) in [5.41, 5.74) is 0.226. The fraction of sp³-hybridized carbons (Fsp3) is 0.556. The van der Waals surface area contributed by atoms with E-state index in [2.05, 4.69) is 15.6 Å². The van der Waals surface area contributed by atoms with Gasteiger partial charge in [-0.05, 0) is 63.6 Å². The van der Waals surface area contributed by atoms with E-state index in [0.29, 0.717) is 49.3 Å². The van der Waals surface area contributed by atoms with Crippen molar-refractivity contribution in [3.63, 3.8) is 0 Å². The third kappa shape index (κ3) is 5.72. The normalized spacial score (nSPS) is 20.1. The Labute approximate surface area is 221 Å². The Kier molecular flexibility index (Phi) is 7.87. The number of carbonyl (C=O) groups excluding carboxylic acids is 3. The van der Waals surface area contributed by atoms with Gasteiger partial charge in [-0.1, -0.05) is 0 Å². The lowest BCUT2D eigenvalue weighted by molar-refractivity contribution is -0.139. The van der Waals surface area contributed by atoms with Crippen LogP contribution in [0.3, 0.4) is 0 Å². The molecule has 1 fully saturated rings. The molecule has 11 heteroatoms. The van der Waals surface area contributed by atoms with Gasteiger partial charge in [0.25, 0.3) is 0 Å². The van der Waals surface area contributed by atoms with E-state index in [1.165, 1.54) is 19.3 Å². The smallest absolute Gasteiger partial charge is 0.248 e. The summed E-state index contributed by atoms with van der Waals surface area (Å²) < 4.78 is 29.4. The van der Waals surface area contributed by atoms with Crippen LogP contribution in [0.2, 0.25) is 0 Å². The van der Waals surface area contributed by atoms with Crippen molar-refractivity contribution in [2.45, 2.75) is 77.0 Å². The molecular formula is C27H36F2N6O3. The highest BCUT2D eigenvalue weighted by atomic mass is 19.1. The number of imidazole rings is 1. The number of benzene rings is 1. The number of aryl methyl sites for hydroxylation is 1. The molecule has 1 aliphatic carbocycles. The second-order valence-electron chi connectivity index (χ2n) is 10.9. The highest BCUT2D eigenvalue weighted by Crippen LogP contribution is 2.26. The Morgan fingerprint density at radius 1 is 1.21 bits per heavy atom. The molecular weight excluding hydrogens is 494 g/mol. The Hall–Kier alpha value is -3.34. The first kappa shape index (κ1) is 27.7. The van der Waals surface area contributed by atoms with Gasteiger partial charge in [-0.25, -0.2) is 13.8 Å². The molecule has 0 bridgehead atoms. The first-order valence-corrected chi connectivity index (χ1v) is 13.0. The molecule has 9 nitrogen and oxygen atoms in total. The maximum Gasteiger partial charge on any atom is 0.248 e. The fourth-order valence-electron chi connectivity index (χ4n) is 5.28. The van der Waals surface area contributed by atoms with Crippen LogP contribution in [0.5, 0.6) is 0 Å². The number of halogens is 2. The SMILES string of the molecule is CC(=O)N(C)C1CCN(C(=O)C(C)(C)n2cnc(NC(=O)[C@H](C)NC3CCc4cc(F)cc(F)c4C3)c2)C1. The quantitative estimate of drug-likeness (QED) is 0.573. The molecule has 206 valence electrons. The maximum atomic E-state index is 14.2. The van der Waals surface area contributed by atoms with E-state index in [9.17, 15) is 23.2 Å². The summed E-state index contributed by atoms with van der Waals surface area (Å²) in [6.07, 6.45) is 5.44. The highest BCUT2D eigenvalue weighted by molar-refractivity contribution is 5.93. The van der Waals surface area contributed by atoms with Gasteiger partial charge in [-0.3, -0.25) is 14.4 Å². The van der Waals surface area contributed by atoms with Crippen molar-refractivity contribution >= 4 is 23.5 Å². The monoisotopic (exact) mass is 530 g/mol. The van der Waals surface area contributed by atoms with Gasteiger partial charge in [-0.2, -0.15) is 0 Å². The van der Waals surface area contributed by atoms with Gasteiger partial charge in [0, 0.05) is 45.4 Å². The van der Waals surface area contributed by atoms with Crippen molar-refractivity contribution in [2.75, 3.05) is 25.5 Å². The minimum atomic E-state index is -0.942. The van der Waals surface area contributed by atoms with Crippen LogP contribution >= 0.6 is 0 Å². The van der Waals surface area contributed by atoms with Crippen molar-refractivity contribution in [1.82, 2.24) is 24.7 Å². The van der Waals surface area contributed by atoms with Crippen LogP contribution in [0.15, 0.2) is 24.7 Å². The Morgan fingerprint density at radius 2 is 1.95 bits per heavy atom. The third-order valence-electron chi connectivity index (χ3n) is 7.84. The minimum Gasteiger partial charge on any atom is -0.341 e. The average Bonchev–Trinajstić information content (AvgIpc) is 3.53. The standard InChI is InChI=1S/C27H36F2N6O3/c1-16(31-20-7-6-18-10-19(28)11-23(29)22(18)12-20)25(37)32-24-14-35(15-30-24)27(3,4)26(38)34-9-8-21(13-34)33(5)17(2)36/h10-11,14-16,20-21,31H,6-9,12-13H2,1-5H3,(H,32,37)/t16-,20?,21?/m0/s1. The number of fused-ring (bicyclic) bond motifs is 1. The van der Waals surface area contributed by atoms with Gasteiger partial charge in [0.2, 0.25) is 17.7 Å². The van der Waals surface area contributed by atoms with Crippen LogP contribution in [0.25, 0.3) is 0 Å². The van der Waals surface area contributed by atoms with Gasteiger partial charge in [0.1, 0.15) is 17.2 Å². The first-order chi connectivity index (χ1) is 17.9. The average molecular weight is 531 g/mol. The zero-order valence-corrected chi connectivity index (χ0v) is 22.6. The summed E-state index contributed by atoms with van der Waals surface area (Å²) in [5, 5.41) is 6.02. The summed E-state index contributed by atoms with van der Waals surface area (Å²) in [7, 11) is 1.75. The van der Waals surface area contributed by atoms with Crippen LogP contribution in [0, 0.1) is 11.6 Å². The number of hydrogen-bond acceptors (Lipinski definition) is 5. The minimum absolute atomic E-state index is 0.00539. The number of carbonyl (C=O) groups is 3. The predicted octanol–water partition coefficient (Wildman–Crippen LogP) is 2.45. The molecule has 1 aromatic carbocycles. The lowest BCUT2D eigenvalue weighted by Gasteiger charge is -2.31. The van der Waals surface area contributed by atoms with Crippen LogP contribution in [0.4, 0.5) is 14.6 Å². The van der Waals surface area contributed by atoms with Crippen LogP contribution in [-0.4, -0.2) is 75.3 Å². The number of nitrogens with one attached hydrogen (secondary N) is 2. The number of aromatic nitrogens is 2. The number of hydrogen-bond donors (Lipinski definition) is 2. The maximum absolute atomic E-state index is 14.2. The molecule has 3 amide bonds. The number of anilines is 1. The van der Waals surface area contributed by atoms with Crippen LogP contribution in [-0.2, 0) is 32.8 Å². The van der Waals surface area contributed by atoms with Crippen molar-refractivity contribution in [1.29, 1.82) is 0 Å². The predicted molar refractivity (Wildman–Crippen MR) is 138 cm³/mol. The number of likely N-dealkylation sites (tertiary alicyclic amines) is 1. The molecule has 2 aromatic rings. The lowest BCUT2D eigenvalue weighted by atomic mass is 9.87. The summed E-state index contributed by atoms with van der Waals surface area (Å²) in [6.45, 7) is 7.86.